The number of nitrogens with zero attached hydrogens (tertiary/aromatic N) is 2. The van der Waals surface area contributed by atoms with Gasteiger partial charge in [0.2, 0.25) is 5.88 Å². The maximum atomic E-state index is 5.62. The molecule has 0 amide bonds. The van der Waals surface area contributed by atoms with Crippen LogP contribution in [-0.4, -0.2) is 36.3 Å². The number of hydrogen-bond acceptors (Lipinski definition) is 5. The van der Waals surface area contributed by atoms with Crippen LogP contribution in [0.5, 0.6) is 5.88 Å². The first-order valence-corrected chi connectivity index (χ1v) is 5.88. The van der Waals surface area contributed by atoms with Crippen molar-refractivity contribution < 1.29 is 9.47 Å². The standard InChI is InChI=1S/C12H21N3O2/c1-5-13-11(7-17-9(2)3)10-6-12(16-4)15-8-14-10/h6,8-9,11,13H,5,7H2,1-4H3. The monoisotopic (exact) mass is 239 g/mol. The zero-order valence-electron chi connectivity index (χ0n) is 10.9. The van der Waals surface area contributed by atoms with Crippen LogP contribution in [0.25, 0.3) is 0 Å². The number of nitrogens with one attached hydrogen (secondary N) is 1. The Kier molecular flexibility index (Phi) is 5.86. The van der Waals surface area contributed by atoms with E-state index in [1.807, 2.05) is 19.9 Å². The summed E-state index contributed by atoms with van der Waals surface area (Å²) < 4.78 is 10.7. The van der Waals surface area contributed by atoms with Crippen molar-refractivity contribution in [2.45, 2.75) is 32.9 Å². The normalized spacial score (nSPS) is 12.8. The lowest BCUT2D eigenvalue weighted by Crippen LogP contribution is -2.27. The fourth-order valence-corrected chi connectivity index (χ4v) is 1.44. The second-order valence-corrected chi connectivity index (χ2v) is 3.98. The molecule has 17 heavy (non-hydrogen) atoms. The summed E-state index contributed by atoms with van der Waals surface area (Å²) in [5.74, 6) is 0.572. The molecule has 1 rings (SSSR count). The summed E-state index contributed by atoms with van der Waals surface area (Å²) in [5.41, 5.74) is 0.888. The molecule has 0 aliphatic heterocycles. The van der Waals surface area contributed by atoms with Gasteiger partial charge in [0.1, 0.15) is 6.33 Å². The Morgan fingerprint density at radius 1 is 1.35 bits per heavy atom. The highest BCUT2D eigenvalue weighted by atomic mass is 16.5. The van der Waals surface area contributed by atoms with Crippen molar-refractivity contribution in [2.24, 2.45) is 0 Å². The molecule has 5 heteroatoms. The van der Waals surface area contributed by atoms with Crippen molar-refractivity contribution in [2.75, 3.05) is 20.3 Å². The second kappa shape index (κ2) is 7.19. The molecule has 1 heterocycles. The molecule has 5 nitrogen and oxygen atoms in total. The van der Waals surface area contributed by atoms with Crippen LogP contribution in [0.2, 0.25) is 0 Å². The third kappa shape index (κ3) is 4.66. The van der Waals surface area contributed by atoms with E-state index in [1.165, 1.54) is 6.33 Å². The fourth-order valence-electron chi connectivity index (χ4n) is 1.44. The first kappa shape index (κ1) is 13.9. The van der Waals surface area contributed by atoms with Crippen molar-refractivity contribution in [3.8, 4) is 5.88 Å². The van der Waals surface area contributed by atoms with Crippen LogP contribution in [0.4, 0.5) is 0 Å². The summed E-state index contributed by atoms with van der Waals surface area (Å²) in [4.78, 5) is 8.24. The maximum absolute atomic E-state index is 5.62. The third-order valence-corrected chi connectivity index (χ3v) is 2.28. The zero-order valence-corrected chi connectivity index (χ0v) is 10.9. The van der Waals surface area contributed by atoms with Gasteiger partial charge in [-0.25, -0.2) is 9.97 Å². The lowest BCUT2D eigenvalue weighted by molar-refractivity contribution is 0.0605. The van der Waals surface area contributed by atoms with Crippen LogP contribution in [0.3, 0.4) is 0 Å². The molecule has 0 bridgehead atoms. The Hall–Kier alpha value is -1.20. The lowest BCUT2D eigenvalue weighted by Gasteiger charge is -2.19. The predicted octanol–water partition coefficient (Wildman–Crippen LogP) is 1.56. The molecular formula is C12H21N3O2. The van der Waals surface area contributed by atoms with E-state index < -0.39 is 0 Å². The Balaban J connectivity index is 2.73. The third-order valence-electron chi connectivity index (χ3n) is 2.28. The fraction of sp³-hybridized carbons (Fsp3) is 0.667. The van der Waals surface area contributed by atoms with E-state index in [4.69, 9.17) is 9.47 Å². The molecule has 1 aromatic rings. The number of rotatable bonds is 7. The zero-order chi connectivity index (χ0) is 12.7. The molecule has 0 aliphatic carbocycles. The van der Waals surface area contributed by atoms with Crippen molar-refractivity contribution in [1.82, 2.24) is 15.3 Å². The van der Waals surface area contributed by atoms with Gasteiger partial charge in [0.05, 0.1) is 31.6 Å². The molecule has 1 unspecified atom stereocenters. The van der Waals surface area contributed by atoms with Crippen molar-refractivity contribution in [3.63, 3.8) is 0 Å². The van der Waals surface area contributed by atoms with Crippen LogP contribution in [0.1, 0.15) is 32.5 Å². The molecule has 0 spiro atoms. The minimum absolute atomic E-state index is 0.0688. The van der Waals surface area contributed by atoms with Gasteiger partial charge >= 0.3 is 0 Å². The molecule has 1 atom stereocenters. The van der Waals surface area contributed by atoms with Gasteiger partial charge in [-0.05, 0) is 20.4 Å². The van der Waals surface area contributed by atoms with E-state index >= 15 is 0 Å². The highest BCUT2D eigenvalue weighted by Gasteiger charge is 2.13. The average Bonchev–Trinajstić information content (AvgIpc) is 2.34. The SMILES string of the molecule is CCNC(COC(C)C)c1cc(OC)ncn1. The summed E-state index contributed by atoms with van der Waals surface area (Å²) in [7, 11) is 1.60. The van der Waals surface area contributed by atoms with Gasteiger partial charge in [0.15, 0.2) is 0 Å². The summed E-state index contributed by atoms with van der Waals surface area (Å²) >= 11 is 0. The summed E-state index contributed by atoms with van der Waals surface area (Å²) in [6, 6.07) is 1.90. The maximum Gasteiger partial charge on any atom is 0.216 e. The van der Waals surface area contributed by atoms with E-state index in [9.17, 15) is 0 Å². The van der Waals surface area contributed by atoms with Crippen LogP contribution in [0, 0.1) is 0 Å². The van der Waals surface area contributed by atoms with Gasteiger partial charge in [-0.3, -0.25) is 0 Å². The molecule has 1 N–H and O–H groups in total. The minimum Gasteiger partial charge on any atom is -0.481 e. The highest BCUT2D eigenvalue weighted by molar-refractivity contribution is 5.16. The molecule has 0 radical (unpaired) electrons. The lowest BCUT2D eigenvalue weighted by atomic mass is 10.2. The molecule has 96 valence electrons. The molecule has 0 aliphatic rings. The van der Waals surface area contributed by atoms with Crippen molar-refractivity contribution in [1.29, 1.82) is 0 Å². The number of ether oxygens (including phenoxy) is 2. The van der Waals surface area contributed by atoms with E-state index in [0.29, 0.717) is 12.5 Å². The van der Waals surface area contributed by atoms with Gasteiger partial charge in [-0.1, -0.05) is 6.92 Å². The van der Waals surface area contributed by atoms with E-state index in [1.54, 1.807) is 7.11 Å². The average molecular weight is 239 g/mol. The number of aromatic nitrogens is 2. The van der Waals surface area contributed by atoms with Gasteiger partial charge in [-0.2, -0.15) is 0 Å². The van der Waals surface area contributed by atoms with Crippen molar-refractivity contribution >= 4 is 0 Å². The second-order valence-electron chi connectivity index (χ2n) is 3.98. The first-order chi connectivity index (χ1) is 8.17. The Labute approximate surface area is 103 Å². The number of methoxy groups -OCH3 is 1. The smallest absolute Gasteiger partial charge is 0.216 e. The van der Waals surface area contributed by atoms with Crippen LogP contribution >= 0.6 is 0 Å². The van der Waals surface area contributed by atoms with E-state index in [2.05, 4.69) is 22.2 Å². The van der Waals surface area contributed by atoms with E-state index in [0.717, 1.165) is 12.2 Å². The minimum atomic E-state index is 0.0688. The summed E-state index contributed by atoms with van der Waals surface area (Å²) in [6.45, 7) is 7.54. The highest BCUT2D eigenvalue weighted by Crippen LogP contribution is 2.15. The first-order valence-electron chi connectivity index (χ1n) is 5.88. The Morgan fingerprint density at radius 3 is 2.71 bits per heavy atom. The predicted molar refractivity (Wildman–Crippen MR) is 66.1 cm³/mol. The van der Waals surface area contributed by atoms with Gasteiger partial charge in [0.25, 0.3) is 0 Å². The molecular weight excluding hydrogens is 218 g/mol. The Morgan fingerprint density at radius 2 is 2.12 bits per heavy atom. The van der Waals surface area contributed by atoms with E-state index in [-0.39, 0.29) is 12.1 Å². The van der Waals surface area contributed by atoms with Crippen LogP contribution in [-0.2, 0) is 4.74 Å². The number of likely N-dealkylation sites (N-methyl/N-ethyl adjacent to an activating group) is 1. The Bertz CT molecular complexity index is 331. The molecule has 0 aromatic carbocycles. The van der Waals surface area contributed by atoms with Gasteiger partial charge in [-0.15, -0.1) is 0 Å². The van der Waals surface area contributed by atoms with Crippen molar-refractivity contribution in [3.05, 3.63) is 18.1 Å². The van der Waals surface area contributed by atoms with Gasteiger partial charge < -0.3 is 14.8 Å². The summed E-state index contributed by atoms with van der Waals surface area (Å²) in [5, 5.41) is 3.33. The number of hydrogen-bond donors (Lipinski definition) is 1. The molecule has 0 saturated heterocycles. The van der Waals surface area contributed by atoms with Gasteiger partial charge in [0, 0.05) is 6.07 Å². The molecule has 0 saturated carbocycles. The van der Waals surface area contributed by atoms with Crippen LogP contribution < -0.4 is 10.1 Å². The molecule has 0 fully saturated rings. The van der Waals surface area contributed by atoms with Crippen LogP contribution in [0.15, 0.2) is 12.4 Å². The quantitative estimate of drug-likeness (QED) is 0.782. The molecule has 1 aromatic heterocycles. The largest absolute Gasteiger partial charge is 0.481 e. The summed E-state index contributed by atoms with van der Waals surface area (Å²) in [6.07, 6.45) is 1.72. The topological polar surface area (TPSA) is 56.3 Å².